The van der Waals surface area contributed by atoms with Gasteiger partial charge in [-0.2, -0.15) is 13.2 Å². The molecule has 0 radical (unpaired) electrons. The van der Waals surface area contributed by atoms with E-state index < -0.39 is 23.2 Å². The van der Waals surface area contributed by atoms with Crippen molar-refractivity contribution in [1.29, 1.82) is 0 Å². The number of hydrogen-bond donors (Lipinski definition) is 1. The van der Waals surface area contributed by atoms with E-state index in [9.17, 15) is 18.0 Å². The van der Waals surface area contributed by atoms with Crippen molar-refractivity contribution in [3.63, 3.8) is 0 Å². The van der Waals surface area contributed by atoms with Crippen LogP contribution in [0.3, 0.4) is 0 Å². The lowest BCUT2D eigenvalue weighted by atomic mass is 9.79. The molecule has 4 rings (SSSR count). The van der Waals surface area contributed by atoms with Gasteiger partial charge < -0.3 is 9.73 Å². The van der Waals surface area contributed by atoms with E-state index in [0.29, 0.717) is 5.69 Å². The molecule has 2 aromatic carbocycles. The van der Waals surface area contributed by atoms with Gasteiger partial charge in [0.25, 0.3) is 5.91 Å². The topological polar surface area (TPSA) is 55.1 Å². The maximum Gasteiger partial charge on any atom is 0.416 e. The fourth-order valence-corrected chi connectivity index (χ4v) is 3.66. The molecule has 7 heteroatoms. The first-order valence-corrected chi connectivity index (χ1v) is 9.88. The van der Waals surface area contributed by atoms with Crippen molar-refractivity contribution >= 4 is 5.91 Å². The van der Waals surface area contributed by atoms with Crippen LogP contribution in [0.4, 0.5) is 13.2 Å². The summed E-state index contributed by atoms with van der Waals surface area (Å²) in [6.07, 6.45) is -1.46. The Morgan fingerprint density at radius 3 is 2.28 bits per heavy atom. The largest absolute Gasteiger partial charge is 0.459 e. The van der Waals surface area contributed by atoms with Crippen LogP contribution in [0.15, 0.2) is 102 Å². The smallest absolute Gasteiger partial charge is 0.416 e. The molecule has 1 atom stereocenters. The Bertz CT molecular complexity index is 1180. The zero-order valence-corrected chi connectivity index (χ0v) is 16.8. The van der Waals surface area contributed by atoms with E-state index in [4.69, 9.17) is 4.42 Å². The molecule has 0 aliphatic heterocycles. The van der Waals surface area contributed by atoms with Crippen LogP contribution in [0.1, 0.15) is 32.9 Å². The Balaban J connectivity index is 1.93. The van der Waals surface area contributed by atoms with Gasteiger partial charge >= 0.3 is 6.18 Å². The molecule has 0 saturated carbocycles. The molecule has 0 bridgehead atoms. The van der Waals surface area contributed by atoms with Crippen LogP contribution in [0.5, 0.6) is 0 Å². The quantitative estimate of drug-likeness (QED) is 0.428. The van der Waals surface area contributed by atoms with Crippen LogP contribution in [0.2, 0.25) is 0 Å². The Kier molecular flexibility index (Phi) is 5.81. The van der Waals surface area contributed by atoms with Crippen LogP contribution < -0.4 is 5.32 Å². The Morgan fingerprint density at radius 1 is 0.875 bits per heavy atom. The predicted octanol–water partition coefficient (Wildman–Crippen LogP) is 5.61. The summed E-state index contributed by atoms with van der Waals surface area (Å²) in [6, 6.07) is 22.4. The standard InChI is InChI=1S/C25H19F3N2O2/c26-25(27,28)20-11-6-10-19(16-20)24(22-13-4-5-14-29-22,17-18-8-2-1-3-9-18)30-23(31)21-12-7-15-32-21/h1-16H,17H2,(H,30,31). The van der Waals surface area contributed by atoms with Crippen molar-refractivity contribution in [2.24, 2.45) is 0 Å². The van der Waals surface area contributed by atoms with E-state index in [1.165, 1.54) is 18.4 Å². The zero-order chi connectivity index (χ0) is 22.6. The molecule has 4 aromatic rings. The summed E-state index contributed by atoms with van der Waals surface area (Å²) in [6.45, 7) is 0. The van der Waals surface area contributed by atoms with Crippen molar-refractivity contribution in [3.8, 4) is 0 Å². The third kappa shape index (κ3) is 4.42. The van der Waals surface area contributed by atoms with E-state index >= 15 is 0 Å². The van der Waals surface area contributed by atoms with Gasteiger partial charge in [0.05, 0.1) is 17.5 Å². The highest BCUT2D eigenvalue weighted by Gasteiger charge is 2.40. The fourth-order valence-electron chi connectivity index (χ4n) is 3.66. The highest BCUT2D eigenvalue weighted by molar-refractivity contribution is 5.92. The molecule has 1 N–H and O–H groups in total. The van der Waals surface area contributed by atoms with Gasteiger partial charge in [-0.25, -0.2) is 0 Å². The number of pyridine rings is 1. The van der Waals surface area contributed by atoms with Gasteiger partial charge in [0, 0.05) is 12.6 Å². The van der Waals surface area contributed by atoms with Crippen LogP contribution in [-0.4, -0.2) is 10.9 Å². The predicted molar refractivity (Wildman–Crippen MR) is 113 cm³/mol. The molecule has 0 spiro atoms. The van der Waals surface area contributed by atoms with Gasteiger partial charge in [0.1, 0.15) is 5.54 Å². The van der Waals surface area contributed by atoms with E-state index in [0.717, 1.165) is 17.7 Å². The number of halogens is 3. The maximum absolute atomic E-state index is 13.6. The van der Waals surface area contributed by atoms with Crippen molar-refractivity contribution in [2.45, 2.75) is 18.1 Å². The molecule has 32 heavy (non-hydrogen) atoms. The van der Waals surface area contributed by atoms with Gasteiger partial charge in [-0.1, -0.05) is 48.5 Å². The van der Waals surface area contributed by atoms with Crippen LogP contribution in [0, 0.1) is 0 Å². The molecule has 2 heterocycles. The number of carbonyl (C=O) groups is 1. The Morgan fingerprint density at radius 2 is 1.62 bits per heavy atom. The third-order valence-electron chi connectivity index (χ3n) is 5.17. The van der Waals surface area contributed by atoms with Gasteiger partial charge in [-0.05, 0) is 47.5 Å². The molecule has 4 nitrogen and oxygen atoms in total. The number of nitrogens with zero attached hydrogens (tertiary/aromatic N) is 1. The SMILES string of the molecule is O=C(NC(Cc1ccccc1)(c1cccc(C(F)(F)F)c1)c1ccccn1)c1ccco1. The average Bonchev–Trinajstić information content (AvgIpc) is 3.35. The lowest BCUT2D eigenvalue weighted by molar-refractivity contribution is -0.137. The minimum atomic E-state index is -4.54. The molecular weight excluding hydrogens is 417 g/mol. The molecule has 2 aromatic heterocycles. The van der Waals surface area contributed by atoms with Crippen LogP contribution in [-0.2, 0) is 18.1 Å². The average molecular weight is 436 g/mol. The number of nitrogens with one attached hydrogen (secondary N) is 1. The first kappa shape index (κ1) is 21.4. The van der Waals surface area contributed by atoms with E-state index in [2.05, 4.69) is 10.3 Å². The summed E-state index contributed by atoms with van der Waals surface area (Å²) in [4.78, 5) is 17.5. The number of alkyl halides is 3. The number of aromatic nitrogens is 1. The lowest BCUT2D eigenvalue weighted by Gasteiger charge is -2.35. The minimum Gasteiger partial charge on any atom is -0.459 e. The van der Waals surface area contributed by atoms with Crippen molar-refractivity contribution in [2.75, 3.05) is 0 Å². The minimum absolute atomic E-state index is 0.0466. The van der Waals surface area contributed by atoms with E-state index in [1.807, 2.05) is 30.3 Å². The number of amides is 1. The van der Waals surface area contributed by atoms with Gasteiger partial charge in [0.2, 0.25) is 0 Å². The number of rotatable bonds is 6. The zero-order valence-electron chi connectivity index (χ0n) is 16.8. The second kappa shape index (κ2) is 8.70. The number of hydrogen-bond acceptors (Lipinski definition) is 3. The third-order valence-corrected chi connectivity index (χ3v) is 5.17. The Labute approximate surface area is 182 Å². The second-order valence-electron chi connectivity index (χ2n) is 7.29. The molecule has 0 aliphatic carbocycles. The lowest BCUT2D eigenvalue weighted by Crippen LogP contribution is -2.49. The molecule has 162 valence electrons. The molecule has 0 fully saturated rings. The maximum atomic E-state index is 13.6. The van der Waals surface area contributed by atoms with Gasteiger partial charge in [0.15, 0.2) is 5.76 Å². The summed E-state index contributed by atoms with van der Waals surface area (Å²) >= 11 is 0. The van der Waals surface area contributed by atoms with Gasteiger partial charge in [-0.3, -0.25) is 9.78 Å². The highest BCUT2D eigenvalue weighted by Crippen LogP contribution is 2.37. The van der Waals surface area contributed by atoms with Crippen LogP contribution >= 0.6 is 0 Å². The summed E-state index contributed by atoms with van der Waals surface area (Å²) in [5.41, 5.74) is -0.711. The number of furan rings is 1. The Hall–Kier alpha value is -3.87. The van der Waals surface area contributed by atoms with Crippen molar-refractivity contribution in [1.82, 2.24) is 10.3 Å². The van der Waals surface area contributed by atoms with Crippen LogP contribution in [0.25, 0.3) is 0 Å². The van der Waals surface area contributed by atoms with Crippen molar-refractivity contribution in [3.05, 3.63) is 126 Å². The number of benzene rings is 2. The molecular formula is C25H19F3N2O2. The summed E-state index contributed by atoms with van der Waals surface area (Å²) < 4.78 is 45.9. The molecule has 0 aliphatic rings. The van der Waals surface area contributed by atoms with Crippen molar-refractivity contribution < 1.29 is 22.4 Å². The first-order chi connectivity index (χ1) is 15.4. The highest BCUT2D eigenvalue weighted by atomic mass is 19.4. The van der Waals surface area contributed by atoms with E-state index in [-0.39, 0.29) is 17.7 Å². The normalized spacial score (nSPS) is 13.3. The molecule has 1 amide bonds. The first-order valence-electron chi connectivity index (χ1n) is 9.88. The number of carbonyl (C=O) groups excluding carboxylic acids is 1. The molecule has 1 unspecified atom stereocenters. The second-order valence-corrected chi connectivity index (χ2v) is 7.29. The van der Waals surface area contributed by atoms with Gasteiger partial charge in [-0.15, -0.1) is 0 Å². The summed E-state index contributed by atoms with van der Waals surface area (Å²) in [7, 11) is 0. The molecule has 0 saturated heterocycles. The summed E-state index contributed by atoms with van der Waals surface area (Å²) in [5, 5.41) is 2.93. The monoisotopic (exact) mass is 436 g/mol. The van der Waals surface area contributed by atoms with E-state index in [1.54, 1.807) is 36.5 Å². The fraction of sp³-hybridized carbons (Fsp3) is 0.120. The summed E-state index contributed by atoms with van der Waals surface area (Å²) in [5.74, 6) is -0.515.